The van der Waals surface area contributed by atoms with Gasteiger partial charge in [-0.1, -0.05) is 12.1 Å². The summed E-state index contributed by atoms with van der Waals surface area (Å²) < 4.78 is 0. The number of nitro groups is 4. The third-order valence-electron chi connectivity index (χ3n) is 5.80. The summed E-state index contributed by atoms with van der Waals surface area (Å²) in [6.45, 7) is 1.86. The normalized spacial score (nSPS) is 10.7. The Morgan fingerprint density at radius 1 is 0.553 bits per heavy atom. The fourth-order valence-corrected chi connectivity index (χ4v) is 4.09. The van der Waals surface area contributed by atoms with Crippen molar-refractivity contribution in [2.75, 3.05) is 49.1 Å². The lowest BCUT2D eigenvalue weighted by molar-refractivity contribution is -0.422. The molecule has 206 valence electrons. The molecule has 2 aromatic carbocycles. The lowest BCUT2D eigenvalue weighted by atomic mass is 10.1. The molecule has 2 rings (SSSR count). The molecule has 0 unspecified atom stereocenters. The topological polar surface area (TPSA) is 231 Å². The highest BCUT2D eigenvalue weighted by atomic mass is 16.6. The SMILES string of the molecule is NCCCN(CCCCN(CCCN)c1cccc([N+](=O)[O-])c1[N+](=O)[O-])c1cccc([N+](=O)[O-])c1[N+](=O)[O-]. The zero-order chi connectivity index (χ0) is 28.2. The van der Waals surface area contributed by atoms with Crippen molar-refractivity contribution in [1.82, 2.24) is 0 Å². The van der Waals surface area contributed by atoms with Gasteiger partial charge in [0, 0.05) is 38.3 Å². The van der Waals surface area contributed by atoms with E-state index < -0.39 is 42.4 Å². The first-order chi connectivity index (χ1) is 18.1. The summed E-state index contributed by atoms with van der Waals surface area (Å²) in [5.41, 5.74) is 9.01. The third kappa shape index (κ3) is 7.53. The van der Waals surface area contributed by atoms with Gasteiger partial charge in [-0.15, -0.1) is 0 Å². The lowest BCUT2D eigenvalue weighted by Gasteiger charge is -2.27. The first-order valence-corrected chi connectivity index (χ1v) is 11.9. The summed E-state index contributed by atoms with van der Waals surface area (Å²) in [6.07, 6.45) is 1.91. The second-order valence-electron chi connectivity index (χ2n) is 8.28. The molecule has 0 bridgehead atoms. The van der Waals surface area contributed by atoms with Gasteiger partial charge >= 0.3 is 22.7 Å². The number of hydrogen-bond acceptors (Lipinski definition) is 12. The van der Waals surface area contributed by atoms with Crippen LogP contribution in [0, 0.1) is 40.5 Å². The molecule has 0 aliphatic carbocycles. The second kappa shape index (κ2) is 14.3. The van der Waals surface area contributed by atoms with E-state index in [1.807, 2.05) is 0 Å². The summed E-state index contributed by atoms with van der Waals surface area (Å²) in [5, 5.41) is 46.1. The highest BCUT2D eigenvalue weighted by Crippen LogP contribution is 2.38. The van der Waals surface area contributed by atoms with Crippen molar-refractivity contribution in [3.8, 4) is 0 Å². The molecule has 0 saturated carbocycles. The van der Waals surface area contributed by atoms with Crippen molar-refractivity contribution in [1.29, 1.82) is 0 Å². The van der Waals surface area contributed by atoms with Gasteiger partial charge in [0.2, 0.25) is 0 Å². The molecule has 0 aliphatic rings. The number of para-hydroxylation sites is 2. The van der Waals surface area contributed by atoms with Crippen LogP contribution in [0.5, 0.6) is 0 Å². The number of nitro benzene ring substituents is 4. The van der Waals surface area contributed by atoms with E-state index in [0.717, 1.165) is 12.1 Å². The van der Waals surface area contributed by atoms with E-state index in [2.05, 4.69) is 0 Å². The standard InChI is InChI=1S/C22H30N8O8/c23-11-5-15-25(17-7-3-9-19(27(31)32)21(17)29(35)36)13-1-2-14-26(16-6-12-24)18-8-4-10-20(28(33)34)22(18)30(37)38/h3-4,7-10H,1-2,5-6,11-16,23-24H2. The minimum Gasteiger partial charge on any atom is -0.366 e. The van der Waals surface area contributed by atoms with Gasteiger partial charge < -0.3 is 21.3 Å². The van der Waals surface area contributed by atoms with Crippen LogP contribution in [-0.2, 0) is 0 Å². The average Bonchev–Trinajstić information content (AvgIpc) is 2.88. The maximum Gasteiger partial charge on any atom is 0.369 e. The zero-order valence-electron chi connectivity index (χ0n) is 20.6. The van der Waals surface area contributed by atoms with Gasteiger partial charge in [0.15, 0.2) is 0 Å². The van der Waals surface area contributed by atoms with Crippen molar-refractivity contribution in [3.05, 3.63) is 76.9 Å². The minimum atomic E-state index is -0.802. The first-order valence-electron chi connectivity index (χ1n) is 11.9. The molecular weight excluding hydrogens is 504 g/mol. The molecule has 0 saturated heterocycles. The monoisotopic (exact) mass is 534 g/mol. The highest BCUT2D eigenvalue weighted by Gasteiger charge is 2.32. The number of rotatable bonds is 17. The van der Waals surface area contributed by atoms with Crippen LogP contribution in [0.15, 0.2) is 36.4 Å². The molecule has 38 heavy (non-hydrogen) atoms. The van der Waals surface area contributed by atoms with E-state index >= 15 is 0 Å². The maximum atomic E-state index is 11.7. The van der Waals surface area contributed by atoms with Crippen LogP contribution in [0.1, 0.15) is 25.7 Å². The van der Waals surface area contributed by atoms with Crippen LogP contribution >= 0.6 is 0 Å². The minimum absolute atomic E-state index is 0.104. The Kier molecular flexibility index (Phi) is 11.2. The Morgan fingerprint density at radius 2 is 0.895 bits per heavy atom. The Morgan fingerprint density at radius 3 is 1.18 bits per heavy atom. The molecule has 0 aliphatic heterocycles. The Balaban J connectivity index is 2.27. The van der Waals surface area contributed by atoms with E-state index in [9.17, 15) is 40.5 Å². The maximum absolute atomic E-state index is 11.7. The zero-order valence-corrected chi connectivity index (χ0v) is 20.6. The molecule has 2 aromatic rings. The Labute approximate surface area is 217 Å². The van der Waals surface area contributed by atoms with Crippen LogP contribution in [0.3, 0.4) is 0 Å². The summed E-state index contributed by atoms with van der Waals surface area (Å²) in [7, 11) is 0. The number of nitrogens with two attached hydrogens (primary N) is 2. The van der Waals surface area contributed by atoms with Crippen LogP contribution < -0.4 is 21.3 Å². The second-order valence-corrected chi connectivity index (χ2v) is 8.28. The van der Waals surface area contributed by atoms with Gasteiger partial charge in [0.1, 0.15) is 11.4 Å². The van der Waals surface area contributed by atoms with Gasteiger partial charge in [-0.2, -0.15) is 0 Å². The molecule has 4 N–H and O–H groups in total. The fourth-order valence-electron chi connectivity index (χ4n) is 4.09. The molecule has 0 radical (unpaired) electrons. The largest absolute Gasteiger partial charge is 0.369 e. The molecule has 0 fully saturated rings. The van der Waals surface area contributed by atoms with E-state index in [4.69, 9.17) is 11.5 Å². The predicted octanol–water partition coefficient (Wildman–Crippen LogP) is 3.11. The van der Waals surface area contributed by atoms with E-state index in [-0.39, 0.29) is 11.4 Å². The number of hydrogen-bond donors (Lipinski definition) is 2. The van der Waals surface area contributed by atoms with Crippen molar-refractivity contribution in [2.24, 2.45) is 11.5 Å². The molecule has 0 atom stereocenters. The Bertz CT molecular complexity index is 1070. The molecule has 16 nitrogen and oxygen atoms in total. The van der Waals surface area contributed by atoms with E-state index in [1.165, 1.54) is 24.3 Å². The van der Waals surface area contributed by atoms with Gasteiger partial charge in [0.05, 0.1) is 19.7 Å². The fraction of sp³-hybridized carbons (Fsp3) is 0.455. The number of anilines is 2. The van der Waals surface area contributed by atoms with Gasteiger partial charge in [0.25, 0.3) is 0 Å². The highest BCUT2D eigenvalue weighted by molar-refractivity contribution is 5.73. The lowest BCUT2D eigenvalue weighted by Crippen LogP contribution is -2.31. The summed E-state index contributed by atoms with van der Waals surface area (Å²) in [4.78, 5) is 46.3. The quantitative estimate of drug-likeness (QED) is 0.169. The molecule has 0 spiro atoms. The molecule has 0 heterocycles. The van der Waals surface area contributed by atoms with Crippen molar-refractivity contribution in [2.45, 2.75) is 25.7 Å². The predicted molar refractivity (Wildman–Crippen MR) is 141 cm³/mol. The molecular formula is C22H30N8O8. The number of unbranched alkanes of at least 4 members (excludes halogenated alkanes) is 1. The summed E-state index contributed by atoms with van der Waals surface area (Å²) >= 11 is 0. The molecule has 0 amide bonds. The van der Waals surface area contributed by atoms with Crippen LogP contribution in [0.4, 0.5) is 34.1 Å². The summed E-state index contributed by atoms with van der Waals surface area (Å²) in [6, 6.07) is 7.80. The van der Waals surface area contributed by atoms with Crippen molar-refractivity contribution < 1.29 is 19.7 Å². The third-order valence-corrected chi connectivity index (χ3v) is 5.80. The van der Waals surface area contributed by atoms with E-state index in [0.29, 0.717) is 65.0 Å². The van der Waals surface area contributed by atoms with Crippen LogP contribution in [0.25, 0.3) is 0 Å². The summed E-state index contributed by atoms with van der Waals surface area (Å²) in [5.74, 6) is 0. The van der Waals surface area contributed by atoms with Gasteiger partial charge in [-0.05, 0) is 50.9 Å². The molecule has 0 aromatic heterocycles. The smallest absolute Gasteiger partial charge is 0.366 e. The van der Waals surface area contributed by atoms with Crippen molar-refractivity contribution in [3.63, 3.8) is 0 Å². The van der Waals surface area contributed by atoms with Gasteiger partial charge in [-0.3, -0.25) is 40.5 Å². The molecule has 16 heteroatoms. The van der Waals surface area contributed by atoms with E-state index in [1.54, 1.807) is 9.80 Å². The van der Waals surface area contributed by atoms with Crippen LogP contribution in [-0.4, -0.2) is 59.0 Å². The van der Waals surface area contributed by atoms with Crippen molar-refractivity contribution >= 4 is 34.1 Å². The number of benzene rings is 2. The van der Waals surface area contributed by atoms with Gasteiger partial charge in [-0.25, -0.2) is 0 Å². The van der Waals surface area contributed by atoms with Crippen LogP contribution in [0.2, 0.25) is 0 Å². The number of nitrogens with zero attached hydrogens (tertiary/aromatic N) is 6. The first kappa shape index (κ1) is 29.8. The Hall–Kier alpha value is -4.44. The average molecular weight is 535 g/mol.